The van der Waals surface area contributed by atoms with Crippen LogP contribution in [0.4, 0.5) is 5.00 Å². The summed E-state index contributed by atoms with van der Waals surface area (Å²) >= 11 is 1.43. The van der Waals surface area contributed by atoms with Gasteiger partial charge in [0.25, 0.3) is 11.8 Å². The Morgan fingerprint density at radius 2 is 2.03 bits per heavy atom. The molecule has 4 rings (SSSR count). The summed E-state index contributed by atoms with van der Waals surface area (Å²) in [7, 11) is -3.09. The first kappa shape index (κ1) is 21.8. The highest BCUT2D eigenvalue weighted by atomic mass is 32.2. The highest BCUT2D eigenvalue weighted by Crippen LogP contribution is 2.38. The molecule has 7 nitrogen and oxygen atoms in total. The third kappa shape index (κ3) is 5.27. The maximum atomic E-state index is 13.1. The average Bonchev–Trinajstić information content (AvgIpc) is 3.25. The van der Waals surface area contributed by atoms with Crippen LogP contribution in [0, 0.1) is 6.92 Å². The molecule has 2 amide bonds. The predicted molar refractivity (Wildman–Crippen MR) is 121 cm³/mol. The van der Waals surface area contributed by atoms with Crippen LogP contribution in [0.15, 0.2) is 24.3 Å². The molecule has 0 bridgehead atoms. The van der Waals surface area contributed by atoms with Crippen molar-refractivity contribution in [3.8, 4) is 5.75 Å². The third-order valence-electron chi connectivity index (χ3n) is 5.58. The molecule has 2 heterocycles. The lowest BCUT2D eigenvalue weighted by atomic mass is 9.95. The molecule has 0 saturated carbocycles. The van der Waals surface area contributed by atoms with E-state index in [9.17, 15) is 18.0 Å². The van der Waals surface area contributed by atoms with Gasteiger partial charge in [-0.2, -0.15) is 0 Å². The first-order valence-corrected chi connectivity index (χ1v) is 13.1. The van der Waals surface area contributed by atoms with Crippen LogP contribution < -0.4 is 15.4 Å². The largest absolute Gasteiger partial charge is 0.484 e. The summed E-state index contributed by atoms with van der Waals surface area (Å²) in [6.45, 7) is 1.79. The number of hydrogen-bond acceptors (Lipinski definition) is 6. The van der Waals surface area contributed by atoms with Crippen LogP contribution in [-0.2, 0) is 27.5 Å². The molecule has 166 valence electrons. The Bertz CT molecular complexity index is 1110. The Labute approximate surface area is 186 Å². The molecule has 9 heteroatoms. The smallest absolute Gasteiger partial charge is 0.262 e. The minimum Gasteiger partial charge on any atom is -0.484 e. The maximum Gasteiger partial charge on any atom is 0.262 e. The molecular weight excluding hydrogens is 436 g/mol. The van der Waals surface area contributed by atoms with E-state index in [-0.39, 0.29) is 36.0 Å². The van der Waals surface area contributed by atoms with Gasteiger partial charge >= 0.3 is 0 Å². The summed E-state index contributed by atoms with van der Waals surface area (Å²) in [4.78, 5) is 26.7. The fourth-order valence-electron chi connectivity index (χ4n) is 4.08. The number of ether oxygens (including phenoxy) is 1. The Balaban J connectivity index is 1.48. The Hall–Kier alpha value is -2.39. The molecular formula is C22H26N2O5S2. The number of rotatable bonds is 6. The lowest BCUT2D eigenvalue weighted by molar-refractivity contribution is -0.118. The molecule has 2 aliphatic rings. The van der Waals surface area contributed by atoms with Crippen LogP contribution in [0.5, 0.6) is 5.75 Å². The molecule has 1 aromatic heterocycles. The van der Waals surface area contributed by atoms with Crippen molar-refractivity contribution in [2.45, 2.75) is 45.1 Å². The van der Waals surface area contributed by atoms with E-state index in [4.69, 9.17) is 4.74 Å². The zero-order valence-electron chi connectivity index (χ0n) is 17.4. The second-order valence-corrected chi connectivity index (χ2v) is 11.5. The van der Waals surface area contributed by atoms with Crippen molar-refractivity contribution in [2.75, 3.05) is 23.4 Å². The number of aryl methyl sites for hydroxylation is 2. The number of anilines is 1. The lowest BCUT2D eigenvalue weighted by Gasteiger charge is -2.15. The van der Waals surface area contributed by atoms with Gasteiger partial charge in [-0.15, -0.1) is 11.3 Å². The van der Waals surface area contributed by atoms with Gasteiger partial charge in [0.1, 0.15) is 10.8 Å². The van der Waals surface area contributed by atoms with Gasteiger partial charge in [-0.3, -0.25) is 9.59 Å². The highest BCUT2D eigenvalue weighted by Gasteiger charge is 2.32. The second kappa shape index (κ2) is 9.00. The van der Waals surface area contributed by atoms with Crippen molar-refractivity contribution >= 4 is 38.0 Å². The minimum atomic E-state index is -3.09. The fourth-order valence-corrected chi connectivity index (χ4v) is 7.05. The van der Waals surface area contributed by atoms with E-state index in [1.54, 1.807) is 6.07 Å². The molecule has 1 atom stereocenters. The molecule has 1 aliphatic heterocycles. The summed E-state index contributed by atoms with van der Waals surface area (Å²) in [6, 6.07) is 7.07. The Kier molecular flexibility index (Phi) is 6.34. The van der Waals surface area contributed by atoms with Gasteiger partial charge < -0.3 is 15.4 Å². The summed E-state index contributed by atoms with van der Waals surface area (Å²) in [5.74, 6) is 0.0338. The van der Waals surface area contributed by atoms with Gasteiger partial charge in [0, 0.05) is 10.9 Å². The molecule has 0 spiro atoms. The van der Waals surface area contributed by atoms with Crippen LogP contribution in [0.3, 0.4) is 0 Å². The normalized spacial score (nSPS) is 19.5. The number of benzene rings is 1. The number of hydrogen-bond donors (Lipinski definition) is 2. The minimum absolute atomic E-state index is 0.0307. The lowest BCUT2D eigenvalue weighted by Crippen LogP contribution is -2.36. The molecule has 2 aromatic rings. The summed E-state index contributed by atoms with van der Waals surface area (Å²) in [5.41, 5.74) is 2.49. The zero-order valence-corrected chi connectivity index (χ0v) is 19.0. The van der Waals surface area contributed by atoms with Crippen LogP contribution >= 0.6 is 11.3 Å². The maximum absolute atomic E-state index is 13.1. The molecule has 1 aromatic carbocycles. The van der Waals surface area contributed by atoms with Gasteiger partial charge in [-0.1, -0.05) is 12.1 Å². The van der Waals surface area contributed by atoms with Crippen molar-refractivity contribution in [2.24, 2.45) is 0 Å². The van der Waals surface area contributed by atoms with Gasteiger partial charge in [0.2, 0.25) is 0 Å². The van der Waals surface area contributed by atoms with Crippen LogP contribution in [0.2, 0.25) is 0 Å². The summed E-state index contributed by atoms with van der Waals surface area (Å²) in [6.07, 6.45) is 4.14. The van der Waals surface area contributed by atoms with Crippen LogP contribution in [0.1, 0.15) is 45.6 Å². The SMILES string of the molecule is Cc1cccc(OCC(=O)Nc2sc3c(c2C(=O)N[C@@H]2CCS(=O)(=O)C2)CCCC3)c1. The number of carbonyl (C=O) groups excluding carboxylic acids is 2. The first-order valence-electron chi connectivity index (χ1n) is 10.5. The van der Waals surface area contributed by atoms with Crippen molar-refractivity contribution < 1.29 is 22.7 Å². The van der Waals surface area contributed by atoms with E-state index in [1.165, 1.54) is 11.3 Å². The van der Waals surface area contributed by atoms with E-state index in [2.05, 4.69) is 10.6 Å². The van der Waals surface area contributed by atoms with Gasteiger partial charge in [0.15, 0.2) is 16.4 Å². The molecule has 1 aliphatic carbocycles. The number of thiophene rings is 1. The first-order chi connectivity index (χ1) is 14.8. The number of fused-ring (bicyclic) bond motifs is 1. The Morgan fingerprint density at radius 3 is 2.77 bits per heavy atom. The predicted octanol–water partition coefficient (Wildman–Crippen LogP) is 2.87. The number of nitrogens with one attached hydrogen (secondary N) is 2. The van der Waals surface area contributed by atoms with Gasteiger partial charge in [-0.05, 0) is 62.3 Å². The molecule has 1 saturated heterocycles. The average molecular weight is 463 g/mol. The van der Waals surface area contributed by atoms with Crippen molar-refractivity contribution in [3.05, 3.63) is 45.8 Å². The number of sulfone groups is 1. The monoisotopic (exact) mass is 462 g/mol. The summed E-state index contributed by atoms with van der Waals surface area (Å²) < 4.78 is 29.1. The van der Waals surface area contributed by atoms with Crippen molar-refractivity contribution in [1.82, 2.24) is 5.32 Å². The Morgan fingerprint density at radius 1 is 1.23 bits per heavy atom. The van der Waals surface area contributed by atoms with Crippen LogP contribution in [0.25, 0.3) is 0 Å². The number of carbonyl (C=O) groups is 2. The zero-order chi connectivity index (χ0) is 22.0. The van der Waals surface area contributed by atoms with Crippen molar-refractivity contribution in [1.29, 1.82) is 0 Å². The van der Waals surface area contributed by atoms with E-state index < -0.39 is 9.84 Å². The molecule has 0 radical (unpaired) electrons. The van der Waals surface area contributed by atoms with Crippen molar-refractivity contribution in [3.63, 3.8) is 0 Å². The van der Waals surface area contributed by atoms with E-state index >= 15 is 0 Å². The van der Waals surface area contributed by atoms with E-state index in [0.29, 0.717) is 22.7 Å². The molecule has 31 heavy (non-hydrogen) atoms. The standard InChI is InChI=1S/C22H26N2O5S2/c1-14-5-4-6-16(11-14)29-12-19(25)24-22-20(17-7-2-3-8-18(17)30-22)21(26)23-15-9-10-31(27,28)13-15/h4-6,11,15H,2-3,7-10,12-13H2,1H3,(H,23,26)(H,24,25)/t15-/m1/s1. The summed E-state index contributed by atoms with van der Waals surface area (Å²) in [5, 5.41) is 6.24. The van der Waals surface area contributed by atoms with E-state index in [0.717, 1.165) is 41.7 Å². The topological polar surface area (TPSA) is 102 Å². The molecule has 0 unspecified atom stereocenters. The highest BCUT2D eigenvalue weighted by molar-refractivity contribution is 7.91. The fraction of sp³-hybridized carbons (Fsp3) is 0.455. The van der Waals surface area contributed by atoms with Crippen LogP contribution in [-0.4, -0.2) is 44.4 Å². The third-order valence-corrected chi connectivity index (χ3v) is 8.55. The number of amides is 2. The van der Waals surface area contributed by atoms with Gasteiger partial charge in [0.05, 0.1) is 17.1 Å². The quantitative estimate of drug-likeness (QED) is 0.687. The second-order valence-electron chi connectivity index (χ2n) is 8.14. The molecule has 2 N–H and O–H groups in total. The van der Waals surface area contributed by atoms with Gasteiger partial charge in [-0.25, -0.2) is 8.42 Å². The van der Waals surface area contributed by atoms with E-state index in [1.807, 2.05) is 25.1 Å². The molecule has 1 fully saturated rings.